The van der Waals surface area contributed by atoms with Crippen LogP contribution in [0.5, 0.6) is 0 Å². The van der Waals surface area contributed by atoms with Crippen LogP contribution < -0.4 is 5.32 Å². The highest BCUT2D eigenvalue weighted by Crippen LogP contribution is 2.13. The van der Waals surface area contributed by atoms with Crippen LogP contribution in [-0.4, -0.2) is 48.0 Å². The molecule has 0 spiro atoms. The van der Waals surface area contributed by atoms with Crippen molar-refractivity contribution < 1.29 is 23.1 Å². The van der Waals surface area contributed by atoms with Crippen molar-refractivity contribution >= 4 is 6.03 Å². The van der Waals surface area contributed by atoms with Gasteiger partial charge in [0.25, 0.3) is 0 Å². The molecule has 1 aliphatic heterocycles. The standard InChI is InChI=1S/C8H13F3N2O2/c9-8(10,11)5-12-7(15)13-3-1-6(14)2-4-13/h6,14H,1-5H2,(H,12,15). The Bertz CT molecular complexity index is 224. The predicted molar refractivity (Wildman–Crippen MR) is 46.3 cm³/mol. The second-order valence-corrected chi connectivity index (χ2v) is 3.49. The third-order valence-corrected chi connectivity index (χ3v) is 2.19. The first-order chi connectivity index (χ1) is 6.88. The monoisotopic (exact) mass is 226 g/mol. The topological polar surface area (TPSA) is 52.6 Å². The molecule has 0 aromatic heterocycles. The Morgan fingerprint density at radius 1 is 1.40 bits per heavy atom. The third-order valence-electron chi connectivity index (χ3n) is 2.19. The normalized spacial score (nSPS) is 19.1. The second kappa shape index (κ2) is 4.69. The zero-order valence-electron chi connectivity index (χ0n) is 8.05. The minimum atomic E-state index is -4.38. The van der Waals surface area contributed by atoms with Crippen LogP contribution in [0.2, 0.25) is 0 Å². The molecule has 0 aromatic rings. The number of piperidine rings is 1. The molecule has 1 aliphatic rings. The molecule has 0 aromatic carbocycles. The van der Waals surface area contributed by atoms with Gasteiger partial charge in [-0.3, -0.25) is 0 Å². The van der Waals surface area contributed by atoms with Gasteiger partial charge in [-0.1, -0.05) is 0 Å². The van der Waals surface area contributed by atoms with Crippen molar-refractivity contribution in [2.75, 3.05) is 19.6 Å². The van der Waals surface area contributed by atoms with Gasteiger partial charge in [-0.15, -0.1) is 0 Å². The summed E-state index contributed by atoms with van der Waals surface area (Å²) >= 11 is 0. The van der Waals surface area contributed by atoms with E-state index in [4.69, 9.17) is 5.11 Å². The summed E-state index contributed by atoms with van der Waals surface area (Å²) in [6, 6.07) is -0.723. The molecule has 2 N–H and O–H groups in total. The molecule has 0 atom stereocenters. The van der Waals surface area contributed by atoms with Gasteiger partial charge in [0.05, 0.1) is 6.10 Å². The van der Waals surface area contributed by atoms with E-state index in [0.29, 0.717) is 25.9 Å². The summed E-state index contributed by atoms with van der Waals surface area (Å²) in [5.41, 5.74) is 0. The van der Waals surface area contributed by atoms with Crippen molar-refractivity contribution in [2.24, 2.45) is 0 Å². The average molecular weight is 226 g/mol. The largest absolute Gasteiger partial charge is 0.405 e. The van der Waals surface area contributed by atoms with E-state index in [9.17, 15) is 18.0 Å². The van der Waals surface area contributed by atoms with Crippen LogP contribution in [-0.2, 0) is 0 Å². The van der Waals surface area contributed by atoms with E-state index in [1.54, 1.807) is 5.32 Å². The lowest BCUT2D eigenvalue weighted by Gasteiger charge is -2.29. The molecule has 1 rings (SSSR count). The molecule has 0 radical (unpaired) electrons. The molecule has 1 saturated heterocycles. The Labute approximate surface area is 85.1 Å². The number of aliphatic hydroxyl groups excluding tert-OH is 1. The lowest BCUT2D eigenvalue weighted by molar-refractivity contribution is -0.123. The fraction of sp³-hybridized carbons (Fsp3) is 0.875. The van der Waals surface area contributed by atoms with Gasteiger partial charge in [-0.05, 0) is 12.8 Å². The first-order valence-electron chi connectivity index (χ1n) is 4.66. The molecule has 0 saturated carbocycles. The highest BCUT2D eigenvalue weighted by Gasteiger charge is 2.29. The number of alkyl halides is 3. The molecule has 1 fully saturated rings. The average Bonchev–Trinajstić information content (AvgIpc) is 2.14. The lowest BCUT2D eigenvalue weighted by atomic mass is 10.1. The number of amides is 2. The fourth-order valence-corrected chi connectivity index (χ4v) is 1.36. The van der Waals surface area contributed by atoms with Crippen LogP contribution in [0.1, 0.15) is 12.8 Å². The summed E-state index contributed by atoms with van der Waals surface area (Å²) < 4.78 is 35.3. The SMILES string of the molecule is O=C(NCC(F)(F)F)N1CCC(O)CC1. The van der Waals surface area contributed by atoms with Crippen molar-refractivity contribution in [2.45, 2.75) is 25.1 Å². The number of aliphatic hydroxyl groups is 1. The van der Waals surface area contributed by atoms with Crippen molar-refractivity contribution in [3.63, 3.8) is 0 Å². The molecule has 4 nitrogen and oxygen atoms in total. The number of nitrogens with zero attached hydrogens (tertiary/aromatic N) is 1. The minimum Gasteiger partial charge on any atom is -0.393 e. The Balaban J connectivity index is 2.29. The molecular weight excluding hydrogens is 213 g/mol. The maximum Gasteiger partial charge on any atom is 0.405 e. The number of carbonyl (C=O) groups excluding carboxylic acids is 1. The lowest BCUT2D eigenvalue weighted by Crippen LogP contribution is -2.47. The Kier molecular flexibility index (Phi) is 3.78. The summed E-state index contributed by atoms with van der Waals surface area (Å²) in [4.78, 5) is 12.5. The van der Waals surface area contributed by atoms with Crippen LogP contribution in [0.15, 0.2) is 0 Å². The number of urea groups is 1. The Hall–Kier alpha value is -0.980. The van der Waals surface area contributed by atoms with Crippen LogP contribution in [0, 0.1) is 0 Å². The van der Waals surface area contributed by atoms with Crippen molar-refractivity contribution in [3.8, 4) is 0 Å². The minimum absolute atomic E-state index is 0.296. The van der Waals surface area contributed by atoms with Crippen LogP contribution >= 0.6 is 0 Å². The predicted octanol–water partition coefficient (Wildman–Crippen LogP) is 0.715. The zero-order chi connectivity index (χ0) is 11.5. The number of rotatable bonds is 1. The van der Waals surface area contributed by atoms with Gasteiger partial charge in [0.2, 0.25) is 0 Å². The van der Waals surface area contributed by atoms with E-state index < -0.39 is 24.9 Å². The molecule has 7 heteroatoms. The Morgan fingerprint density at radius 3 is 2.40 bits per heavy atom. The molecule has 0 aliphatic carbocycles. The highest BCUT2D eigenvalue weighted by molar-refractivity contribution is 5.74. The fourth-order valence-electron chi connectivity index (χ4n) is 1.36. The van der Waals surface area contributed by atoms with Gasteiger partial charge in [0.1, 0.15) is 6.54 Å². The van der Waals surface area contributed by atoms with Crippen LogP contribution in [0.4, 0.5) is 18.0 Å². The number of nitrogens with one attached hydrogen (secondary N) is 1. The number of hydrogen-bond acceptors (Lipinski definition) is 2. The van der Waals surface area contributed by atoms with Crippen LogP contribution in [0.25, 0.3) is 0 Å². The van der Waals surface area contributed by atoms with E-state index >= 15 is 0 Å². The maximum absolute atomic E-state index is 11.8. The van der Waals surface area contributed by atoms with E-state index in [1.807, 2.05) is 0 Å². The summed E-state index contributed by atoms with van der Waals surface area (Å²) in [6.45, 7) is -0.722. The summed E-state index contributed by atoms with van der Waals surface area (Å²) in [6.07, 6.45) is -4.00. The van der Waals surface area contributed by atoms with Gasteiger partial charge in [-0.2, -0.15) is 13.2 Å². The molecule has 88 valence electrons. The molecule has 15 heavy (non-hydrogen) atoms. The van der Waals surface area contributed by atoms with Gasteiger partial charge in [0.15, 0.2) is 0 Å². The summed E-state index contributed by atoms with van der Waals surface area (Å²) in [5, 5.41) is 10.9. The van der Waals surface area contributed by atoms with Gasteiger partial charge >= 0.3 is 12.2 Å². The van der Waals surface area contributed by atoms with Crippen molar-refractivity contribution in [1.82, 2.24) is 10.2 Å². The number of halogens is 3. The van der Waals surface area contributed by atoms with E-state index in [0.717, 1.165) is 0 Å². The third kappa shape index (κ3) is 4.37. The zero-order valence-corrected chi connectivity index (χ0v) is 8.05. The summed E-state index contributed by atoms with van der Waals surface area (Å²) in [5.74, 6) is 0. The van der Waals surface area contributed by atoms with Gasteiger partial charge < -0.3 is 15.3 Å². The van der Waals surface area contributed by atoms with E-state index in [2.05, 4.69) is 0 Å². The first kappa shape index (κ1) is 12.1. The summed E-state index contributed by atoms with van der Waals surface area (Å²) in [7, 11) is 0. The molecule has 0 unspecified atom stereocenters. The van der Waals surface area contributed by atoms with E-state index in [1.165, 1.54) is 4.90 Å². The molecular formula is C8H13F3N2O2. The first-order valence-corrected chi connectivity index (χ1v) is 4.66. The number of carbonyl (C=O) groups is 1. The van der Waals surface area contributed by atoms with Crippen molar-refractivity contribution in [3.05, 3.63) is 0 Å². The number of likely N-dealkylation sites (tertiary alicyclic amines) is 1. The van der Waals surface area contributed by atoms with Crippen LogP contribution in [0.3, 0.4) is 0 Å². The number of hydrogen-bond donors (Lipinski definition) is 2. The van der Waals surface area contributed by atoms with E-state index in [-0.39, 0.29) is 0 Å². The second-order valence-electron chi connectivity index (χ2n) is 3.49. The van der Waals surface area contributed by atoms with Gasteiger partial charge in [0, 0.05) is 13.1 Å². The maximum atomic E-state index is 11.8. The highest BCUT2D eigenvalue weighted by atomic mass is 19.4. The Morgan fingerprint density at radius 2 is 1.93 bits per heavy atom. The van der Waals surface area contributed by atoms with Crippen molar-refractivity contribution in [1.29, 1.82) is 0 Å². The smallest absolute Gasteiger partial charge is 0.393 e. The molecule has 0 bridgehead atoms. The molecule has 2 amide bonds. The quantitative estimate of drug-likeness (QED) is 0.692. The van der Waals surface area contributed by atoms with Gasteiger partial charge in [-0.25, -0.2) is 4.79 Å². The molecule has 1 heterocycles.